The maximum absolute atomic E-state index is 13.8. The zero-order chi connectivity index (χ0) is 28.9. The molecule has 3 atom stereocenters. The van der Waals surface area contributed by atoms with Crippen molar-refractivity contribution in [2.45, 2.75) is 44.3 Å². The topological polar surface area (TPSA) is 99.2 Å². The monoisotopic (exact) mass is 555 g/mol. The Morgan fingerprint density at radius 3 is 2.22 bits per heavy atom. The van der Waals surface area contributed by atoms with E-state index < -0.39 is 30.1 Å². The predicted octanol–water partition coefficient (Wildman–Crippen LogP) is 4.74. The number of likely N-dealkylation sites (tertiary alicyclic amines) is 1. The van der Waals surface area contributed by atoms with E-state index in [1.165, 1.54) is 0 Å². The number of carboxylic acids is 1. The molecule has 3 aromatic rings. The van der Waals surface area contributed by atoms with Gasteiger partial charge in [0.05, 0.1) is 5.92 Å². The number of benzene rings is 3. The van der Waals surface area contributed by atoms with E-state index in [0.29, 0.717) is 25.9 Å². The molecule has 3 aromatic carbocycles. The van der Waals surface area contributed by atoms with Crippen LogP contribution < -0.4 is 5.32 Å². The summed E-state index contributed by atoms with van der Waals surface area (Å²) < 4.78 is 5.76. The number of nitrogens with one attached hydrogen (secondary N) is 1. The third kappa shape index (κ3) is 6.28. The van der Waals surface area contributed by atoms with Crippen LogP contribution in [0.2, 0.25) is 0 Å². The number of nitrogens with zero attached hydrogens (tertiary/aromatic N) is 2. The minimum atomic E-state index is -0.905. The maximum Gasteiger partial charge on any atom is 0.407 e. The SMILES string of the molecule is C[C@H]1[C@@H](C(=O)O)CCCN1C(=O)C(CN(C)Cc1ccccc1)NC(=O)OCC1c2ccccc2-c2ccccc21. The molecule has 0 spiro atoms. The van der Waals surface area contributed by atoms with Crippen LogP contribution >= 0.6 is 0 Å². The molecule has 1 fully saturated rings. The number of rotatable bonds is 9. The lowest BCUT2D eigenvalue weighted by molar-refractivity contribution is -0.150. The van der Waals surface area contributed by atoms with Crippen molar-refractivity contribution >= 4 is 18.0 Å². The van der Waals surface area contributed by atoms with Gasteiger partial charge in [-0.05, 0) is 54.6 Å². The van der Waals surface area contributed by atoms with Crippen LogP contribution in [0.15, 0.2) is 78.9 Å². The first-order valence-corrected chi connectivity index (χ1v) is 14.2. The smallest absolute Gasteiger partial charge is 0.407 e. The van der Waals surface area contributed by atoms with E-state index in [1.54, 1.807) is 11.8 Å². The van der Waals surface area contributed by atoms with E-state index >= 15 is 0 Å². The van der Waals surface area contributed by atoms with Crippen molar-refractivity contribution in [3.8, 4) is 11.1 Å². The summed E-state index contributed by atoms with van der Waals surface area (Å²) in [5, 5.41) is 12.5. The lowest BCUT2D eigenvalue weighted by atomic mass is 9.90. The van der Waals surface area contributed by atoms with Gasteiger partial charge in [-0.15, -0.1) is 0 Å². The van der Waals surface area contributed by atoms with Gasteiger partial charge in [-0.1, -0.05) is 78.9 Å². The summed E-state index contributed by atoms with van der Waals surface area (Å²) in [6.07, 6.45) is 0.459. The fourth-order valence-electron chi connectivity index (χ4n) is 6.22. The Kier molecular flexibility index (Phi) is 8.69. The second-order valence-corrected chi connectivity index (χ2v) is 11.1. The van der Waals surface area contributed by atoms with Crippen molar-refractivity contribution in [1.29, 1.82) is 0 Å². The number of amides is 2. The molecule has 0 aromatic heterocycles. The van der Waals surface area contributed by atoms with Crippen LogP contribution in [0.3, 0.4) is 0 Å². The Morgan fingerprint density at radius 2 is 1.59 bits per heavy atom. The maximum atomic E-state index is 13.8. The molecule has 5 rings (SSSR count). The Bertz CT molecular complexity index is 1350. The third-order valence-electron chi connectivity index (χ3n) is 8.31. The van der Waals surface area contributed by atoms with Gasteiger partial charge in [-0.3, -0.25) is 14.5 Å². The molecule has 2 amide bonds. The van der Waals surface area contributed by atoms with Gasteiger partial charge >= 0.3 is 12.1 Å². The van der Waals surface area contributed by atoms with Gasteiger partial charge in [0.15, 0.2) is 0 Å². The van der Waals surface area contributed by atoms with Crippen LogP contribution in [0.1, 0.15) is 42.4 Å². The summed E-state index contributed by atoms with van der Waals surface area (Å²) in [6, 6.07) is 24.8. The first kappa shape index (κ1) is 28.4. The Labute approximate surface area is 240 Å². The molecule has 1 aliphatic carbocycles. The molecule has 0 saturated carbocycles. The fraction of sp³-hybridized carbons (Fsp3) is 0.364. The number of carbonyl (C=O) groups is 3. The quantitative estimate of drug-likeness (QED) is 0.396. The highest BCUT2D eigenvalue weighted by Crippen LogP contribution is 2.44. The number of carbonyl (C=O) groups excluding carboxylic acids is 2. The summed E-state index contributed by atoms with van der Waals surface area (Å²) in [5.74, 6) is -1.93. The van der Waals surface area contributed by atoms with E-state index in [2.05, 4.69) is 29.6 Å². The summed E-state index contributed by atoms with van der Waals surface area (Å²) >= 11 is 0. The van der Waals surface area contributed by atoms with Crippen molar-refractivity contribution in [2.75, 3.05) is 26.7 Å². The Hall–Kier alpha value is -4.17. The highest BCUT2D eigenvalue weighted by Gasteiger charge is 2.39. The molecule has 0 bridgehead atoms. The minimum absolute atomic E-state index is 0.0958. The lowest BCUT2D eigenvalue weighted by Crippen LogP contribution is -2.58. The lowest BCUT2D eigenvalue weighted by Gasteiger charge is -2.39. The van der Waals surface area contributed by atoms with Gasteiger partial charge in [-0.25, -0.2) is 4.79 Å². The Morgan fingerprint density at radius 1 is 0.976 bits per heavy atom. The zero-order valence-electron chi connectivity index (χ0n) is 23.5. The van der Waals surface area contributed by atoms with Gasteiger partial charge in [0.1, 0.15) is 12.6 Å². The standard InChI is InChI=1S/C33H37N3O5/c1-22-24(32(38)39)17-10-18-36(22)31(37)30(20-35(2)19-23-11-4-3-5-12-23)34-33(40)41-21-29-27-15-8-6-13-25(27)26-14-7-9-16-28(26)29/h3-9,11-16,22,24,29-30H,10,17-21H2,1-2H3,(H,34,40)(H,38,39)/t22-,24-,30?/m0/s1. The highest BCUT2D eigenvalue weighted by atomic mass is 16.5. The largest absolute Gasteiger partial charge is 0.481 e. The number of piperidine rings is 1. The normalized spacial score (nSPS) is 18.9. The van der Waals surface area contributed by atoms with Crippen molar-refractivity contribution in [1.82, 2.24) is 15.1 Å². The summed E-state index contributed by atoms with van der Waals surface area (Å²) in [5.41, 5.74) is 5.58. The van der Waals surface area contributed by atoms with Crippen molar-refractivity contribution in [2.24, 2.45) is 5.92 Å². The second-order valence-electron chi connectivity index (χ2n) is 11.1. The molecule has 1 heterocycles. The van der Waals surface area contributed by atoms with Gasteiger partial charge in [0, 0.05) is 31.6 Å². The van der Waals surface area contributed by atoms with E-state index in [0.717, 1.165) is 27.8 Å². The molecule has 0 radical (unpaired) electrons. The van der Waals surface area contributed by atoms with E-state index in [9.17, 15) is 19.5 Å². The number of fused-ring (bicyclic) bond motifs is 3. The molecule has 214 valence electrons. The summed E-state index contributed by atoms with van der Waals surface area (Å²) in [7, 11) is 1.90. The second kappa shape index (κ2) is 12.6. The van der Waals surface area contributed by atoms with Crippen molar-refractivity contribution < 1.29 is 24.2 Å². The molecule has 41 heavy (non-hydrogen) atoms. The number of aliphatic carboxylic acids is 1. The first-order chi connectivity index (χ1) is 19.8. The molecule has 8 nitrogen and oxygen atoms in total. The van der Waals surface area contributed by atoms with Crippen LogP contribution in [0.25, 0.3) is 11.1 Å². The number of hydrogen-bond acceptors (Lipinski definition) is 5. The van der Waals surface area contributed by atoms with Crippen LogP contribution in [0.4, 0.5) is 4.79 Å². The molecule has 2 N–H and O–H groups in total. The van der Waals surface area contributed by atoms with Crippen molar-refractivity contribution in [3.05, 3.63) is 95.6 Å². The highest BCUT2D eigenvalue weighted by molar-refractivity contribution is 5.87. The number of hydrogen-bond donors (Lipinski definition) is 2. The van der Waals surface area contributed by atoms with Gasteiger partial charge in [-0.2, -0.15) is 0 Å². The first-order valence-electron chi connectivity index (χ1n) is 14.2. The van der Waals surface area contributed by atoms with E-state index in [1.807, 2.05) is 66.5 Å². The molecular formula is C33H37N3O5. The fourth-order valence-corrected chi connectivity index (χ4v) is 6.22. The molecule has 2 aliphatic rings. The molecule has 1 aliphatic heterocycles. The average Bonchev–Trinajstić information content (AvgIpc) is 3.29. The summed E-state index contributed by atoms with van der Waals surface area (Å²) in [6.45, 7) is 3.20. The molecule has 8 heteroatoms. The number of ether oxygens (including phenoxy) is 1. The predicted molar refractivity (Wildman–Crippen MR) is 156 cm³/mol. The van der Waals surface area contributed by atoms with Gasteiger partial charge in [0.2, 0.25) is 5.91 Å². The molecular weight excluding hydrogens is 518 g/mol. The van der Waals surface area contributed by atoms with Crippen LogP contribution in [-0.4, -0.2) is 71.7 Å². The average molecular weight is 556 g/mol. The van der Waals surface area contributed by atoms with Crippen LogP contribution in [0.5, 0.6) is 0 Å². The van der Waals surface area contributed by atoms with E-state index in [4.69, 9.17) is 4.74 Å². The third-order valence-corrected chi connectivity index (χ3v) is 8.31. The number of likely N-dealkylation sites (N-methyl/N-ethyl adjacent to an activating group) is 1. The van der Waals surface area contributed by atoms with Gasteiger partial charge in [0.25, 0.3) is 0 Å². The van der Waals surface area contributed by atoms with Crippen molar-refractivity contribution in [3.63, 3.8) is 0 Å². The Balaban J connectivity index is 1.30. The van der Waals surface area contributed by atoms with Gasteiger partial charge < -0.3 is 20.1 Å². The molecule has 1 saturated heterocycles. The van der Waals surface area contributed by atoms with E-state index in [-0.39, 0.29) is 25.0 Å². The zero-order valence-corrected chi connectivity index (χ0v) is 23.5. The summed E-state index contributed by atoms with van der Waals surface area (Å²) in [4.78, 5) is 42.4. The minimum Gasteiger partial charge on any atom is -0.481 e. The molecule has 1 unspecified atom stereocenters. The van der Waals surface area contributed by atoms with Crippen LogP contribution in [0, 0.1) is 5.92 Å². The number of carboxylic acid groups (broad SMARTS) is 1. The van der Waals surface area contributed by atoms with Crippen LogP contribution in [-0.2, 0) is 20.9 Å². The number of alkyl carbamates (subject to hydrolysis) is 1.